The topological polar surface area (TPSA) is 60.5 Å². The Morgan fingerprint density at radius 2 is 2.16 bits per heavy atom. The van der Waals surface area contributed by atoms with E-state index in [0.29, 0.717) is 19.0 Å². The van der Waals surface area contributed by atoms with Gasteiger partial charge >= 0.3 is 5.97 Å². The highest BCUT2D eigenvalue weighted by Gasteiger charge is 2.14. The van der Waals surface area contributed by atoms with Crippen molar-refractivity contribution in [2.24, 2.45) is 0 Å². The molecule has 5 nitrogen and oxygen atoms in total. The van der Waals surface area contributed by atoms with Crippen LogP contribution >= 0.6 is 0 Å². The van der Waals surface area contributed by atoms with Crippen LogP contribution < -0.4 is 10.1 Å². The van der Waals surface area contributed by atoms with E-state index in [1.165, 1.54) is 0 Å². The molecule has 1 unspecified atom stereocenters. The van der Waals surface area contributed by atoms with Gasteiger partial charge in [-0.25, -0.2) is 4.98 Å². The van der Waals surface area contributed by atoms with Gasteiger partial charge in [-0.05, 0) is 33.8 Å². The van der Waals surface area contributed by atoms with Gasteiger partial charge in [0, 0.05) is 18.3 Å². The Kier molecular flexibility index (Phi) is 6.29. The number of carbonyl (C=O) groups is 1. The van der Waals surface area contributed by atoms with Crippen molar-refractivity contribution < 1.29 is 14.3 Å². The fraction of sp³-hybridized carbons (Fsp3) is 0.571. The van der Waals surface area contributed by atoms with E-state index in [0.717, 1.165) is 5.56 Å². The second-order valence-corrected chi connectivity index (χ2v) is 4.49. The third-order valence-corrected chi connectivity index (χ3v) is 2.44. The normalized spacial score (nSPS) is 12.3. The summed E-state index contributed by atoms with van der Waals surface area (Å²) in [7, 11) is 0. The number of esters is 1. The molecule has 0 aliphatic rings. The van der Waals surface area contributed by atoms with Crippen molar-refractivity contribution in [1.82, 2.24) is 10.3 Å². The summed E-state index contributed by atoms with van der Waals surface area (Å²) in [5.74, 6) is 0.346. The molecule has 0 aliphatic carbocycles. The number of nitrogens with one attached hydrogen (secondary N) is 1. The van der Waals surface area contributed by atoms with Gasteiger partial charge in [0.25, 0.3) is 0 Å². The van der Waals surface area contributed by atoms with Crippen LogP contribution in [-0.4, -0.2) is 29.7 Å². The van der Waals surface area contributed by atoms with Crippen LogP contribution in [0.25, 0.3) is 0 Å². The molecule has 0 fully saturated rings. The number of hydrogen-bond acceptors (Lipinski definition) is 5. The molecule has 1 atom stereocenters. The second kappa shape index (κ2) is 7.74. The number of aromatic nitrogens is 1. The van der Waals surface area contributed by atoms with Crippen LogP contribution in [0.4, 0.5) is 0 Å². The minimum Gasteiger partial charge on any atom is -0.475 e. The monoisotopic (exact) mass is 266 g/mol. The van der Waals surface area contributed by atoms with Crippen LogP contribution in [0.1, 0.15) is 33.3 Å². The molecular formula is C14H22N2O3. The standard InChI is InChI=1S/C14H22N2O3/c1-5-18-14(17)11(4)16-9-12-7-6-8-15-13(12)19-10(2)3/h6-8,10-11,16H,5,9H2,1-4H3. The van der Waals surface area contributed by atoms with E-state index >= 15 is 0 Å². The molecule has 0 amide bonds. The maximum Gasteiger partial charge on any atom is 0.322 e. The molecule has 5 heteroatoms. The predicted molar refractivity (Wildman–Crippen MR) is 72.9 cm³/mol. The highest BCUT2D eigenvalue weighted by Crippen LogP contribution is 2.15. The molecule has 0 radical (unpaired) electrons. The first-order valence-electron chi connectivity index (χ1n) is 6.55. The average Bonchev–Trinajstić information content (AvgIpc) is 2.37. The van der Waals surface area contributed by atoms with E-state index in [9.17, 15) is 4.79 Å². The van der Waals surface area contributed by atoms with Crippen LogP contribution in [0.2, 0.25) is 0 Å². The molecule has 19 heavy (non-hydrogen) atoms. The fourth-order valence-corrected chi connectivity index (χ4v) is 1.50. The zero-order chi connectivity index (χ0) is 14.3. The summed E-state index contributed by atoms with van der Waals surface area (Å²) in [4.78, 5) is 15.7. The molecule has 1 N–H and O–H groups in total. The third kappa shape index (κ3) is 5.26. The minimum absolute atomic E-state index is 0.0659. The first kappa shape index (κ1) is 15.4. The fourth-order valence-electron chi connectivity index (χ4n) is 1.50. The lowest BCUT2D eigenvalue weighted by atomic mass is 10.2. The summed E-state index contributed by atoms with van der Waals surface area (Å²) in [6.07, 6.45) is 1.76. The highest BCUT2D eigenvalue weighted by molar-refractivity contribution is 5.75. The summed E-state index contributed by atoms with van der Waals surface area (Å²) >= 11 is 0. The molecule has 1 aromatic heterocycles. The van der Waals surface area contributed by atoms with Gasteiger partial charge < -0.3 is 14.8 Å². The van der Waals surface area contributed by atoms with Gasteiger partial charge in [0.2, 0.25) is 5.88 Å². The van der Waals surface area contributed by atoms with Gasteiger partial charge in [0.15, 0.2) is 0 Å². The van der Waals surface area contributed by atoms with Crippen molar-refractivity contribution in [3.8, 4) is 5.88 Å². The quantitative estimate of drug-likeness (QED) is 0.764. The van der Waals surface area contributed by atoms with Crippen LogP contribution in [0, 0.1) is 0 Å². The number of carbonyl (C=O) groups excluding carboxylic acids is 1. The Labute approximate surface area is 114 Å². The van der Waals surface area contributed by atoms with Gasteiger partial charge in [0.05, 0.1) is 12.7 Å². The lowest BCUT2D eigenvalue weighted by molar-refractivity contribution is -0.145. The maximum atomic E-state index is 11.5. The van der Waals surface area contributed by atoms with E-state index in [1.807, 2.05) is 26.0 Å². The Morgan fingerprint density at radius 1 is 1.42 bits per heavy atom. The summed E-state index contributed by atoms with van der Waals surface area (Å²) in [6.45, 7) is 8.37. The van der Waals surface area contributed by atoms with Crippen molar-refractivity contribution in [3.05, 3.63) is 23.9 Å². The molecule has 0 saturated heterocycles. The number of nitrogens with zero attached hydrogens (tertiary/aromatic N) is 1. The molecular weight excluding hydrogens is 244 g/mol. The number of rotatable bonds is 7. The van der Waals surface area contributed by atoms with Crippen molar-refractivity contribution >= 4 is 5.97 Å². The number of pyridine rings is 1. The lowest BCUT2D eigenvalue weighted by Gasteiger charge is -2.15. The molecule has 1 heterocycles. The summed E-state index contributed by atoms with van der Waals surface area (Å²) in [5.41, 5.74) is 0.923. The molecule has 106 valence electrons. The van der Waals surface area contributed by atoms with Gasteiger partial charge in [-0.3, -0.25) is 4.79 Å². The number of ether oxygens (including phenoxy) is 2. The second-order valence-electron chi connectivity index (χ2n) is 4.49. The molecule has 0 aromatic carbocycles. The Balaban J connectivity index is 2.59. The smallest absolute Gasteiger partial charge is 0.322 e. The Hall–Kier alpha value is -1.62. The predicted octanol–water partition coefficient (Wildman–Crippen LogP) is 1.91. The van der Waals surface area contributed by atoms with Crippen molar-refractivity contribution in [2.75, 3.05) is 6.61 Å². The Bertz CT molecular complexity index is 407. The highest BCUT2D eigenvalue weighted by atomic mass is 16.5. The molecule has 0 bridgehead atoms. The lowest BCUT2D eigenvalue weighted by Crippen LogP contribution is -2.35. The first-order valence-corrected chi connectivity index (χ1v) is 6.55. The van der Waals surface area contributed by atoms with Gasteiger partial charge in [-0.2, -0.15) is 0 Å². The summed E-state index contributed by atoms with van der Waals surface area (Å²) < 4.78 is 10.6. The van der Waals surface area contributed by atoms with Crippen LogP contribution in [-0.2, 0) is 16.1 Å². The summed E-state index contributed by atoms with van der Waals surface area (Å²) in [5, 5.41) is 3.10. The van der Waals surface area contributed by atoms with Crippen LogP contribution in [0.3, 0.4) is 0 Å². The van der Waals surface area contributed by atoms with Crippen LogP contribution in [0.15, 0.2) is 18.3 Å². The van der Waals surface area contributed by atoms with E-state index in [1.54, 1.807) is 20.0 Å². The largest absolute Gasteiger partial charge is 0.475 e. The van der Waals surface area contributed by atoms with E-state index in [-0.39, 0.29) is 18.1 Å². The van der Waals surface area contributed by atoms with E-state index in [2.05, 4.69) is 10.3 Å². The minimum atomic E-state index is -0.355. The molecule has 0 saturated carbocycles. The molecule has 0 aliphatic heterocycles. The molecule has 1 rings (SSSR count). The average molecular weight is 266 g/mol. The third-order valence-electron chi connectivity index (χ3n) is 2.44. The van der Waals surface area contributed by atoms with Crippen molar-refractivity contribution in [1.29, 1.82) is 0 Å². The zero-order valence-electron chi connectivity index (χ0n) is 12.0. The van der Waals surface area contributed by atoms with Gasteiger partial charge in [-0.1, -0.05) is 6.07 Å². The van der Waals surface area contributed by atoms with Crippen molar-refractivity contribution in [3.63, 3.8) is 0 Å². The van der Waals surface area contributed by atoms with Crippen molar-refractivity contribution in [2.45, 2.75) is 46.4 Å². The SMILES string of the molecule is CCOC(=O)C(C)NCc1cccnc1OC(C)C. The molecule has 1 aromatic rings. The van der Waals surface area contributed by atoms with Gasteiger partial charge in [-0.15, -0.1) is 0 Å². The van der Waals surface area contributed by atoms with Crippen LogP contribution in [0.5, 0.6) is 5.88 Å². The maximum absolute atomic E-state index is 11.5. The van der Waals surface area contributed by atoms with E-state index in [4.69, 9.17) is 9.47 Å². The Morgan fingerprint density at radius 3 is 2.79 bits per heavy atom. The number of hydrogen-bond donors (Lipinski definition) is 1. The van der Waals surface area contributed by atoms with Gasteiger partial charge in [0.1, 0.15) is 6.04 Å². The van der Waals surface area contributed by atoms with E-state index < -0.39 is 0 Å². The summed E-state index contributed by atoms with van der Waals surface area (Å²) in [6, 6.07) is 3.42. The molecule has 0 spiro atoms. The zero-order valence-corrected chi connectivity index (χ0v) is 12.0. The first-order chi connectivity index (χ1) is 9.04.